The maximum atomic E-state index is 13.5. The number of furan rings is 1. The van der Waals surface area contributed by atoms with Crippen molar-refractivity contribution in [2.45, 2.75) is 19.3 Å². The molecule has 16 heavy (non-hydrogen) atoms. The summed E-state index contributed by atoms with van der Waals surface area (Å²) in [7, 11) is 0. The lowest BCUT2D eigenvalue weighted by molar-refractivity contribution is -0.111. The van der Waals surface area contributed by atoms with Crippen LogP contribution in [0.25, 0.3) is 11.0 Å². The molecule has 1 atom stereocenters. The Bertz CT molecular complexity index is 556. The lowest BCUT2D eigenvalue weighted by Crippen LogP contribution is -2.13. The van der Waals surface area contributed by atoms with E-state index in [-0.39, 0.29) is 11.7 Å². The molecule has 0 aliphatic heterocycles. The molecule has 0 unspecified atom stereocenters. The summed E-state index contributed by atoms with van der Waals surface area (Å²) in [6, 6.07) is 4.97. The second-order valence-corrected chi connectivity index (χ2v) is 4.26. The molecule has 0 N–H and O–H groups in total. The number of para-hydroxylation sites is 1. The molecular formula is C13H11FO2. The SMILES string of the molecule is O=C[C@H]1CCc2c(oc3c(F)cccc23)C1. The lowest BCUT2D eigenvalue weighted by atomic mass is 9.88. The number of carbonyl (C=O) groups is 1. The fourth-order valence-corrected chi connectivity index (χ4v) is 2.41. The van der Waals surface area contributed by atoms with E-state index in [9.17, 15) is 9.18 Å². The number of benzene rings is 1. The molecule has 1 aromatic carbocycles. The monoisotopic (exact) mass is 218 g/mol. The Hall–Kier alpha value is -1.64. The molecule has 3 rings (SSSR count). The van der Waals surface area contributed by atoms with E-state index in [0.717, 1.165) is 35.8 Å². The van der Waals surface area contributed by atoms with Crippen molar-refractivity contribution in [2.75, 3.05) is 0 Å². The zero-order valence-corrected chi connectivity index (χ0v) is 8.70. The zero-order chi connectivity index (χ0) is 11.1. The second kappa shape index (κ2) is 3.44. The van der Waals surface area contributed by atoms with Gasteiger partial charge in [0.2, 0.25) is 0 Å². The van der Waals surface area contributed by atoms with Crippen molar-refractivity contribution in [3.05, 3.63) is 35.3 Å². The highest BCUT2D eigenvalue weighted by Gasteiger charge is 2.24. The summed E-state index contributed by atoms with van der Waals surface area (Å²) in [5, 5.41) is 0.861. The smallest absolute Gasteiger partial charge is 0.170 e. The molecule has 82 valence electrons. The Balaban J connectivity index is 2.19. The van der Waals surface area contributed by atoms with Crippen molar-refractivity contribution in [2.24, 2.45) is 5.92 Å². The minimum absolute atomic E-state index is 0.0242. The van der Waals surface area contributed by atoms with Gasteiger partial charge >= 0.3 is 0 Å². The topological polar surface area (TPSA) is 30.2 Å². The van der Waals surface area contributed by atoms with Gasteiger partial charge in [0.05, 0.1) is 0 Å². The van der Waals surface area contributed by atoms with Crippen LogP contribution in [0.4, 0.5) is 4.39 Å². The maximum Gasteiger partial charge on any atom is 0.170 e. The lowest BCUT2D eigenvalue weighted by Gasteiger charge is -2.15. The van der Waals surface area contributed by atoms with Gasteiger partial charge in [0.1, 0.15) is 12.0 Å². The van der Waals surface area contributed by atoms with Crippen LogP contribution in [0.15, 0.2) is 22.6 Å². The average Bonchev–Trinajstić information content (AvgIpc) is 2.68. The predicted octanol–water partition coefficient (Wildman–Crippen LogP) is 2.88. The molecule has 0 radical (unpaired) electrons. The minimum atomic E-state index is -0.324. The molecule has 0 saturated heterocycles. The molecule has 3 heteroatoms. The fraction of sp³-hybridized carbons (Fsp3) is 0.308. The van der Waals surface area contributed by atoms with Crippen LogP contribution >= 0.6 is 0 Å². The van der Waals surface area contributed by atoms with Crippen LogP contribution in [0, 0.1) is 11.7 Å². The van der Waals surface area contributed by atoms with Gasteiger partial charge < -0.3 is 9.21 Å². The summed E-state index contributed by atoms with van der Waals surface area (Å²) < 4.78 is 19.0. The summed E-state index contributed by atoms with van der Waals surface area (Å²) in [6.07, 6.45) is 3.20. The summed E-state index contributed by atoms with van der Waals surface area (Å²) in [5.41, 5.74) is 1.41. The number of aryl methyl sites for hydroxylation is 1. The average molecular weight is 218 g/mol. The van der Waals surface area contributed by atoms with Crippen molar-refractivity contribution >= 4 is 17.3 Å². The Morgan fingerprint density at radius 1 is 1.44 bits per heavy atom. The number of aldehydes is 1. The normalized spacial score (nSPS) is 19.7. The van der Waals surface area contributed by atoms with E-state index in [1.807, 2.05) is 6.07 Å². The van der Waals surface area contributed by atoms with Crippen molar-refractivity contribution in [1.82, 2.24) is 0 Å². The molecule has 1 aliphatic carbocycles. The molecule has 1 aliphatic rings. The molecule has 1 aromatic heterocycles. The van der Waals surface area contributed by atoms with Gasteiger partial charge in [0, 0.05) is 23.3 Å². The van der Waals surface area contributed by atoms with E-state index in [0.29, 0.717) is 12.0 Å². The van der Waals surface area contributed by atoms with Crippen molar-refractivity contribution in [3.8, 4) is 0 Å². The third-order valence-electron chi connectivity index (χ3n) is 3.26. The third-order valence-corrected chi connectivity index (χ3v) is 3.26. The number of halogens is 1. The summed E-state index contributed by atoms with van der Waals surface area (Å²) in [4.78, 5) is 10.7. The Morgan fingerprint density at radius 2 is 2.31 bits per heavy atom. The van der Waals surface area contributed by atoms with Crippen LogP contribution < -0.4 is 0 Å². The molecular weight excluding hydrogens is 207 g/mol. The summed E-state index contributed by atoms with van der Waals surface area (Å²) in [6.45, 7) is 0. The van der Waals surface area contributed by atoms with Gasteiger partial charge in [-0.3, -0.25) is 0 Å². The van der Waals surface area contributed by atoms with E-state index >= 15 is 0 Å². The number of fused-ring (bicyclic) bond motifs is 3. The largest absolute Gasteiger partial charge is 0.458 e. The first-order chi connectivity index (χ1) is 7.79. The Morgan fingerprint density at radius 3 is 3.12 bits per heavy atom. The Labute approximate surface area is 92.1 Å². The second-order valence-electron chi connectivity index (χ2n) is 4.26. The maximum absolute atomic E-state index is 13.5. The van der Waals surface area contributed by atoms with Crippen LogP contribution in [0.3, 0.4) is 0 Å². The van der Waals surface area contributed by atoms with Gasteiger partial charge in [-0.2, -0.15) is 0 Å². The number of carbonyl (C=O) groups excluding carboxylic acids is 1. The minimum Gasteiger partial charge on any atom is -0.458 e. The van der Waals surface area contributed by atoms with Crippen molar-refractivity contribution < 1.29 is 13.6 Å². The van der Waals surface area contributed by atoms with Crippen LogP contribution in [-0.4, -0.2) is 6.29 Å². The number of hydrogen-bond donors (Lipinski definition) is 0. The van der Waals surface area contributed by atoms with Gasteiger partial charge in [-0.25, -0.2) is 4.39 Å². The van der Waals surface area contributed by atoms with Crippen LogP contribution in [0.1, 0.15) is 17.7 Å². The fourth-order valence-electron chi connectivity index (χ4n) is 2.41. The summed E-state index contributed by atoms with van der Waals surface area (Å²) in [5.74, 6) is 0.481. The van der Waals surface area contributed by atoms with Crippen LogP contribution in [0.2, 0.25) is 0 Å². The number of rotatable bonds is 1. The van der Waals surface area contributed by atoms with Crippen LogP contribution in [-0.2, 0) is 17.6 Å². The van der Waals surface area contributed by atoms with Gasteiger partial charge in [0.15, 0.2) is 11.4 Å². The standard InChI is InChI=1S/C13H11FO2/c14-11-3-1-2-10-9-5-4-8(7-15)6-12(9)16-13(10)11/h1-3,7-8H,4-6H2/t8-/m0/s1. The molecule has 0 fully saturated rings. The molecule has 0 bridgehead atoms. The highest BCUT2D eigenvalue weighted by atomic mass is 19.1. The highest BCUT2D eigenvalue weighted by molar-refractivity contribution is 5.83. The summed E-state index contributed by atoms with van der Waals surface area (Å²) >= 11 is 0. The predicted molar refractivity (Wildman–Crippen MR) is 57.8 cm³/mol. The van der Waals surface area contributed by atoms with Gasteiger partial charge in [-0.05, 0) is 18.9 Å². The zero-order valence-electron chi connectivity index (χ0n) is 8.70. The number of hydrogen-bond acceptors (Lipinski definition) is 2. The van der Waals surface area contributed by atoms with Crippen molar-refractivity contribution in [1.29, 1.82) is 0 Å². The van der Waals surface area contributed by atoms with Gasteiger partial charge in [0.25, 0.3) is 0 Å². The first-order valence-corrected chi connectivity index (χ1v) is 5.43. The first-order valence-electron chi connectivity index (χ1n) is 5.43. The van der Waals surface area contributed by atoms with E-state index in [2.05, 4.69) is 0 Å². The molecule has 2 aromatic rings. The first kappa shape index (κ1) is 9.58. The van der Waals surface area contributed by atoms with Gasteiger partial charge in [-0.1, -0.05) is 12.1 Å². The highest BCUT2D eigenvalue weighted by Crippen LogP contribution is 2.34. The molecule has 0 saturated carbocycles. The third kappa shape index (κ3) is 1.28. The molecule has 0 spiro atoms. The van der Waals surface area contributed by atoms with E-state index in [4.69, 9.17) is 4.42 Å². The molecule has 2 nitrogen and oxygen atoms in total. The quantitative estimate of drug-likeness (QED) is 0.689. The Kier molecular flexibility index (Phi) is 2.06. The van der Waals surface area contributed by atoms with E-state index in [1.54, 1.807) is 6.07 Å². The van der Waals surface area contributed by atoms with Crippen LogP contribution in [0.5, 0.6) is 0 Å². The van der Waals surface area contributed by atoms with E-state index in [1.165, 1.54) is 6.07 Å². The molecule has 1 heterocycles. The molecule has 0 amide bonds. The van der Waals surface area contributed by atoms with Crippen molar-refractivity contribution in [3.63, 3.8) is 0 Å². The van der Waals surface area contributed by atoms with Gasteiger partial charge in [-0.15, -0.1) is 0 Å². The van der Waals surface area contributed by atoms with E-state index < -0.39 is 0 Å².